The van der Waals surface area contributed by atoms with Crippen LogP contribution in [0.1, 0.15) is 37.8 Å². The van der Waals surface area contributed by atoms with Gasteiger partial charge in [-0.05, 0) is 20.3 Å². The summed E-state index contributed by atoms with van der Waals surface area (Å²) in [5.41, 5.74) is 1.45. The highest BCUT2D eigenvalue weighted by atomic mass is 16.1. The van der Waals surface area contributed by atoms with Crippen molar-refractivity contribution in [3.05, 3.63) is 29.9 Å². The SMILES string of the molecule is C=C(C)C(=O)NC(CC)c1cnc(C)[nH]1. The summed E-state index contributed by atoms with van der Waals surface area (Å²) in [7, 11) is 0. The summed E-state index contributed by atoms with van der Waals surface area (Å²) in [5, 5.41) is 2.89. The van der Waals surface area contributed by atoms with E-state index in [4.69, 9.17) is 0 Å². The number of rotatable bonds is 4. The largest absolute Gasteiger partial charge is 0.344 e. The Morgan fingerprint density at radius 1 is 1.73 bits per heavy atom. The number of hydrogen-bond donors (Lipinski definition) is 2. The number of H-pyrrole nitrogens is 1. The minimum atomic E-state index is -0.117. The van der Waals surface area contributed by atoms with E-state index >= 15 is 0 Å². The molecule has 0 spiro atoms. The van der Waals surface area contributed by atoms with Crippen molar-refractivity contribution in [2.75, 3.05) is 0 Å². The van der Waals surface area contributed by atoms with E-state index in [0.29, 0.717) is 5.57 Å². The molecule has 0 aliphatic heterocycles. The first kappa shape index (κ1) is 11.5. The van der Waals surface area contributed by atoms with Crippen molar-refractivity contribution < 1.29 is 4.79 Å². The van der Waals surface area contributed by atoms with Crippen molar-refractivity contribution in [1.29, 1.82) is 0 Å². The lowest BCUT2D eigenvalue weighted by Crippen LogP contribution is -2.28. The molecule has 1 unspecified atom stereocenters. The molecule has 0 saturated carbocycles. The maximum atomic E-state index is 11.4. The zero-order valence-electron chi connectivity index (χ0n) is 9.42. The van der Waals surface area contributed by atoms with Crippen LogP contribution in [0, 0.1) is 6.92 Å². The number of hydrogen-bond acceptors (Lipinski definition) is 2. The summed E-state index contributed by atoms with van der Waals surface area (Å²) in [5.74, 6) is 0.738. The molecule has 1 rings (SSSR count). The Balaban J connectivity index is 2.72. The van der Waals surface area contributed by atoms with Gasteiger partial charge in [0.15, 0.2) is 0 Å². The van der Waals surface area contributed by atoms with E-state index in [1.54, 1.807) is 13.1 Å². The van der Waals surface area contributed by atoms with Crippen LogP contribution in [-0.2, 0) is 4.79 Å². The molecule has 0 bridgehead atoms. The minimum Gasteiger partial charge on any atom is -0.344 e. The fourth-order valence-corrected chi connectivity index (χ4v) is 1.30. The van der Waals surface area contributed by atoms with Crippen molar-refractivity contribution in [1.82, 2.24) is 15.3 Å². The van der Waals surface area contributed by atoms with Crippen LogP contribution in [-0.4, -0.2) is 15.9 Å². The van der Waals surface area contributed by atoms with Gasteiger partial charge in [0, 0.05) is 5.57 Å². The smallest absolute Gasteiger partial charge is 0.246 e. The first-order chi connectivity index (χ1) is 7.04. The fourth-order valence-electron chi connectivity index (χ4n) is 1.30. The molecule has 1 aromatic rings. The molecule has 1 atom stereocenters. The van der Waals surface area contributed by atoms with Gasteiger partial charge in [-0.2, -0.15) is 0 Å². The highest BCUT2D eigenvalue weighted by molar-refractivity contribution is 5.92. The molecule has 1 aromatic heterocycles. The third-order valence-corrected chi connectivity index (χ3v) is 2.20. The van der Waals surface area contributed by atoms with Crippen LogP contribution in [0.5, 0.6) is 0 Å². The second-order valence-electron chi connectivity index (χ2n) is 3.64. The second-order valence-corrected chi connectivity index (χ2v) is 3.64. The van der Waals surface area contributed by atoms with E-state index < -0.39 is 0 Å². The van der Waals surface area contributed by atoms with Gasteiger partial charge in [0.05, 0.1) is 17.9 Å². The highest BCUT2D eigenvalue weighted by Crippen LogP contribution is 2.14. The van der Waals surface area contributed by atoms with Crippen LogP contribution in [0.4, 0.5) is 0 Å². The summed E-state index contributed by atoms with van der Waals surface area (Å²) in [6.45, 7) is 9.20. The monoisotopic (exact) mass is 207 g/mol. The van der Waals surface area contributed by atoms with Gasteiger partial charge in [-0.25, -0.2) is 4.98 Å². The molecule has 4 nitrogen and oxygen atoms in total. The van der Waals surface area contributed by atoms with Gasteiger partial charge in [-0.15, -0.1) is 0 Å². The number of carbonyl (C=O) groups is 1. The first-order valence-electron chi connectivity index (χ1n) is 5.02. The van der Waals surface area contributed by atoms with Gasteiger partial charge >= 0.3 is 0 Å². The van der Waals surface area contributed by atoms with Gasteiger partial charge in [0.25, 0.3) is 0 Å². The maximum Gasteiger partial charge on any atom is 0.246 e. The molecule has 4 heteroatoms. The lowest BCUT2D eigenvalue weighted by atomic mass is 10.1. The van der Waals surface area contributed by atoms with Crippen LogP contribution in [0.3, 0.4) is 0 Å². The predicted octanol–water partition coefficient (Wildman–Crippen LogP) is 1.86. The van der Waals surface area contributed by atoms with Crippen molar-refractivity contribution >= 4 is 5.91 Å². The Kier molecular flexibility index (Phi) is 3.66. The molecular weight excluding hydrogens is 190 g/mol. The Hall–Kier alpha value is -1.58. The van der Waals surface area contributed by atoms with E-state index in [0.717, 1.165) is 17.9 Å². The van der Waals surface area contributed by atoms with Gasteiger partial charge in [0.2, 0.25) is 5.91 Å². The van der Waals surface area contributed by atoms with Gasteiger partial charge in [0.1, 0.15) is 5.82 Å². The molecule has 0 fully saturated rings. The van der Waals surface area contributed by atoms with Crippen molar-refractivity contribution in [2.45, 2.75) is 33.2 Å². The predicted molar refractivity (Wildman–Crippen MR) is 59.3 cm³/mol. The molecule has 0 saturated heterocycles. The van der Waals surface area contributed by atoms with Gasteiger partial charge in [-0.3, -0.25) is 4.79 Å². The van der Waals surface area contributed by atoms with Crippen LogP contribution in [0.15, 0.2) is 18.3 Å². The Labute approximate surface area is 89.8 Å². The third-order valence-electron chi connectivity index (χ3n) is 2.20. The number of carbonyl (C=O) groups excluding carboxylic acids is 1. The molecular formula is C11H17N3O. The van der Waals surface area contributed by atoms with E-state index in [1.807, 2.05) is 13.8 Å². The van der Waals surface area contributed by atoms with E-state index in [-0.39, 0.29) is 11.9 Å². The quantitative estimate of drug-likeness (QED) is 0.740. The standard InChI is InChI=1S/C11H17N3O/c1-5-9(14-11(15)7(2)3)10-6-12-8(4)13-10/h6,9H,2,5H2,1,3-4H3,(H,12,13)(H,14,15). The number of nitrogens with one attached hydrogen (secondary N) is 2. The van der Waals surface area contributed by atoms with Crippen LogP contribution < -0.4 is 5.32 Å². The Morgan fingerprint density at radius 3 is 2.80 bits per heavy atom. The van der Waals surface area contributed by atoms with E-state index in [2.05, 4.69) is 21.9 Å². The fraction of sp³-hybridized carbons (Fsp3) is 0.455. The van der Waals surface area contributed by atoms with Crippen molar-refractivity contribution in [3.63, 3.8) is 0 Å². The molecule has 82 valence electrons. The summed E-state index contributed by atoms with van der Waals surface area (Å²) in [6, 6.07) is -0.0181. The number of imidazole rings is 1. The van der Waals surface area contributed by atoms with E-state index in [1.165, 1.54) is 0 Å². The number of aryl methyl sites for hydroxylation is 1. The maximum absolute atomic E-state index is 11.4. The van der Waals surface area contributed by atoms with Crippen LogP contribution in [0.25, 0.3) is 0 Å². The first-order valence-corrected chi connectivity index (χ1v) is 5.02. The van der Waals surface area contributed by atoms with E-state index in [9.17, 15) is 4.79 Å². The zero-order valence-corrected chi connectivity index (χ0v) is 9.42. The molecule has 0 radical (unpaired) electrons. The van der Waals surface area contributed by atoms with Crippen molar-refractivity contribution in [2.24, 2.45) is 0 Å². The van der Waals surface area contributed by atoms with Crippen LogP contribution in [0.2, 0.25) is 0 Å². The minimum absolute atomic E-state index is 0.0181. The number of nitrogens with zero attached hydrogens (tertiary/aromatic N) is 1. The molecule has 0 aromatic carbocycles. The van der Waals surface area contributed by atoms with Crippen molar-refractivity contribution in [3.8, 4) is 0 Å². The average Bonchev–Trinajstić information content (AvgIpc) is 2.60. The molecule has 15 heavy (non-hydrogen) atoms. The normalized spacial score (nSPS) is 12.2. The summed E-state index contributed by atoms with van der Waals surface area (Å²) in [4.78, 5) is 18.7. The number of aromatic nitrogens is 2. The Morgan fingerprint density at radius 2 is 2.40 bits per heavy atom. The summed E-state index contributed by atoms with van der Waals surface area (Å²) < 4.78 is 0. The van der Waals surface area contributed by atoms with Gasteiger partial charge in [-0.1, -0.05) is 13.5 Å². The lowest BCUT2D eigenvalue weighted by Gasteiger charge is -2.15. The average molecular weight is 207 g/mol. The molecule has 0 aliphatic rings. The zero-order chi connectivity index (χ0) is 11.4. The van der Waals surface area contributed by atoms with Crippen LogP contribution >= 0.6 is 0 Å². The second kappa shape index (κ2) is 4.77. The number of aromatic amines is 1. The summed E-state index contributed by atoms with van der Waals surface area (Å²) in [6.07, 6.45) is 2.57. The van der Waals surface area contributed by atoms with Gasteiger partial charge < -0.3 is 10.3 Å². The molecule has 1 heterocycles. The summed E-state index contributed by atoms with van der Waals surface area (Å²) >= 11 is 0. The molecule has 0 aliphatic carbocycles. The lowest BCUT2D eigenvalue weighted by molar-refractivity contribution is -0.118. The third kappa shape index (κ3) is 2.94. The highest BCUT2D eigenvalue weighted by Gasteiger charge is 2.14. The molecule has 1 amide bonds. The molecule has 2 N–H and O–H groups in total. The number of amides is 1. The Bertz CT molecular complexity index is 368. The topological polar surface area (TPSA) is 57.8 Å².